The third-order valence-electron chi connectivity index (χ3n) is 6.64. The third kappa shape index (κ3) is 2.98. The smallest absolute Gasteiger partial charge is 0.307 e. The van der Waals surface area contributed by atoms with Crippen LogP contribution in [0, 0.1) is 18.8 Å². The van der Waals surface area contributed by atoms with E-state index in [0.717, 1.165) is 35.4 Å². The Kier molecular flexibility index (Phi) is 4.57. The molecule has 0 bridgehead atoms. The Morgan fingerprint density at radius 3 is 2.50 bits per heavy atom. The van der Waals surface area contributed by atoms with E-state index < -0.39 is 17.8 Å². The van der Waals surface area contributed by atoms with Crippen LogP contribution in [0.2, 0.25) is 0 Å². The molecule has 1 aromatic carbocycles. The lowest BCUT2D eigenvalue weighted by Gasteiger charge is -2.36. The Hall–Kier alpha value is -3.15. The number of aliphatic carboxylic acids is 1. The molecule has 1 aliphatic heterocycles. The zero-order valence-electron chi connectivity index (χ0n) is 17.0. The molecule has 3 atom stereocenters. The maximum absolute atomic E-state index is 13.2. The molecule has 5 rings (SSSR count). The van der Waals surface area contributed by atoms with Crippen LogP contribution in [0.3, 0.4) is 0 Å². The van der Waals surface area contributed by atoms with E-state index in [0.29, 0.717) is 19.4 Å². The van der Waals surface area contributed by atoms with Crippen LogP contribution in [-0.2, 0) is 9.59 Å². The van der Waals surface area contributed by atoms with Crippen LogP contribution in [0.25, 0.3) is 16.8 Å². The molecule has 0 radical (unpaired) electrons. The lowest BCUT2D eigenvalue weighted by Crippen LogP contribution is -2.46. The van der Waals surface area contributed by atoms with Gasteiger partial charge in [0.15, 0.2) is 0 Å². The van der Waals surface area contributed by atoms with E-state index in [1.54, 1.807) is 0 Å². The molecule has 1 N–H and O–H groups in total. The Balaban J connectivity index is 1.53. The fraction of sp³-hybridized carbons (Fsp3) is 0.375. The largest absolute Gasteiger partial charge is 0.481 e. The van der Waals surface area contributed by atoms with Gasteiger partial charge in [-0.1, -0.05) is 35.9 Å². The zero-order chi connectivity index (χ0) is 20.8. The normalized spacial score (nSPS) is 23.5. The van der Waals surface area contributed by atoms with Crippen LogP contribution in [-0.4, -0.2) is 37.8 Å². The number of pyridine rings is 1. The number of hydrogen-bond donors (Lipinski definition) is 1. The predicted octanol–water partition coefficient (Wildman–Crippen LogP) is 4.08. The average Bonchev–Trinajstić information content (AvgIpc) is 3.32. The highest BCUT2D eigenvalue weighted by Gasteiger charge is 2.46. The van der Waals surface area contributed by atoms with Gasteiger partial charge in [0.1, 0.15) is 5.82 Å². The highest BCUT2D eigenvalue weighted by molar-refractivity contribution is 5.87. The molecule has 3 unspecified atom stereocenters. The van der Waals surface area contributed by atoms with E-state index in [9.17, 15) is 14.7 Å². The first-order valence-electron chi connectivity index (χ1n) is 10.6. The number of imidazole rings is 1. The summed E-state index contributed by atoms with van der Waals surface area (Å²) < 4.78 is 2.08. The van der Waals surface area contributed by atoms with Crippen molar-refractivity contribution in [2.24, 2.45) is 11.8 Å². The molecule has 3 heterocycles. The molecule has 30 heavy (non-hydrogen) atoms. The first-order valence-corrected chi connectivity index (χ1v) is 10.6. The highest BCUT2D eigenvalue weighted by atomic mass is 16.4. The van der Waals surface area contributed by atoms with Gasteiger partial charge in [0.2, 0.25) is 5.91 Å². The molecular weight excluding hydrogens is 378 g/mol. The molecular formula is C24H25N3O3. The molecule has 1 amide bonds. The van der Waals surface area contributed by atoms with Crippen molar-refractivity contribution >= 4 is 17.4 Å². The standard InChI is InChI=1S/C24H25N3O3/c1-15-7-9-16(10-8-15)21-19-5-2-3-13-26(19)22(25-21)20-6-4-14-27(20)23(28)17-11-12-18(17)24(29)30/h2-3,5,7-10,13,17-18,20H,4,6,11-12,14H2,1H3,(H,29,30). The molecule has 1 saturated carbocycles. The SMILES string of the molecule is Cc1ccc(-c2nc(C3CCCN3C(=O)C3CCC3C(=O)O)n3ccccc23)cc1. The summed E-state index contributed by atoms with van der Waals surface area (Å²) in [6, 6.07) is 14.2. The number of hydrogen-bond acceptors (Lipinski definition) is 3. The van der Waals surface area contributed by atoms with Crippen molar-refractivity contribution in [3.63, 3.8) is 0 Å². The number of aryl methyl sites for hydroxylation is 1. The summed E-state index contributed by atoms with van der Waals surface area (Å²) in [5.74, 6) is -0.966. The van der Waals surface area contributed by atoms with Crippen LogP contribution in [0.15, 0.2) is 48.7 Å². The monoisotopic (exact) mass is 403 g/mol. The van der Waals surface area contributed by atoms with Gasteiger partial charge in [-0.15, -0.1) is 0 Å². The van der Waals surface area contributed by atoms with Gasteiger partial charge in [-0.25, -0.2) is 4.98 Å². The highest BCUT2D eigenvalue weighted by Crippen LogP contribution is 2.41. The second kappa shape index (κ2) is 7.27. The Bertz CT molecular complexity index is 1120. The number of rotatable bonds is 4. The lowest BCUT2D eigenvalue weighted by atomic mass is 9.73. The summed E-state index contributed by atoms with van der Waals surface area (Å²) in [6.07, 6.45) is 5.00. The molecule has 2 aliphatic rings. The fourth-order valence-corrected chi connectivity index (χ4v) is 4.82. The number of nitrogens with zero attached hydrogens (tertiary/aromatic N) is 3. The molecule has 0 spiro atoms. The van der Waals surface area contributed by atoms with E-state index in [4.69, 9.17) is 4.98 Å². The summed E-state index contributed by atoms with van der Waals surface area (Å²) in [4.78, 5) is 31.5. The van der Waals surface area contributed by atoms with E-state index in [2.05, 4.69) is 41.7 Å². The number of amides is 1. The van der Waals surface area contributed by atoms with Gasteiger partial charge in [-0.2, -0.15) is 0 Å². The second-order valence-electron chi connectivity index (χ2n) is 8.46. The van der Waals surface area contributed by atoms with E-state index in [1.807, 2.05) is 23.2 Å². The van der Waals surface area contributed by atoms with Crippen molar-refractivity contribution in [2.45, 2.75) is 38.6 Å². The summed E-state index contributed by atoms with van der Waals surface area (Å²) in [5.41, 5.74) is 4.18. The Morgan fingerprint density at radius 1 is 1.03 bits per heavy atom. The van der Waals surface area contributed by atoms with Gasteiger partial charge < -0.3 is 14.4 Å². The summed E-state index contributed by atoms with van der Waals surface area (Å²) in [5, 5.41) is 9.38. The molecule has 6 heteroatoms. The number of carboxylic acids is 1. The quantitative estimate of drug-likeness (QED) is 0.712. The van der Waals surface area contributed by atoms with Gasteiger partial charge in [0.05, 0.1) is 29.1 Å². The van der Waals surface area contributed by atoms with E-state index in [-0.39, 0.29) is 11.9 Å². The molecule has 2 fully saturated rings. The molecule has 154 valence electrons. The number of benzene rings is 1. The van der Waals surface area contributed by atoms with Gasteiger partial charge >= 0.3 is 5.97 Å². The predicted molar refractivity (Wildman–Crippen MR) is 113 cm³/mol. The van der Waals surface area contributed by atoms with Crippen molar-refractivity contribution in [1.29, 1.82) is 0 Å². The van der Waals surface area contributed by atoms with Crippen LogP contribution in [0.1, 0.15) is 43.1 Å². The van der Waals surface area contributed by atoms with Crippen LogP contribution in [0.4, 0.5) is 0 Å². The first-order chi connectivity index (χ1) is 14.5. The minimum absolute atomic E-state index is 0.0271. The van der Waals surface area contributed by atoms with E-state index >= 15 is 0 Å². The summed E-state index contributed by atoms with van der Waals surface area (Å²) >= 11 is 0. The zero-order valence-corrected chi connectivity index (χ0v) is 17.0. The number of fused-ring (bicyclic) bond motifs is 1. The molecule has 2 aromatic heterocycles. The number of carbonyl (C=O) groups is 2. The first kappa shape index (κ1) is 18.9. The van der Waals surface area contributed by atoms with Gasteiger partial charge in [-0.3, -0.25) is 9.59 Å². The van der Waals surface area contributed by atoms with Gasteiger partial charge in [-0.05, 0) is 44.7 Å². The van der Waals surface area contributed by atoms with Crippen LogP contribution in [0.5, 0.6) is 0 Å². The van der Waals surface area contributed by atoms with E-state index in [1.165, 1.54) is 5.56 Å². The number of carbonyl (C=O) groups excluding carboxylic acids is 1. The Labute approximate surface area is 175 Å². The van der Waals surface area contributed by atoms with Crippen molar-refractivity contribution < 1.29 is 14.7 Å². The molecule has 1 aliphatic carbocycles. The molecule has 3 aromatic rings. The van der Waals surface area contributed by atoms with Crippen LogP contribution >= 0.6 is 0 Å². The summed E-state index contributed by atoms with van der Waals surface area (Å²) in [7, 11) is 0. The minimum atomic E-state index is -0.858. The summed E-state index contributed by atoms with van der Waals surface area (Å²) in [6.45, 7) is 2.72. The number of carboxylic acid groups (broad SMARTS) is 1. The fourth-order valence-electron chi connectivity index (χ4n) is 4.82. The maximum Gasteiger partial charge on any atom is 0.307 e. The van der Waals surface area contributed by atoms with Gasteiger partial charge in [0, 0.05) is 18.3 Å². The topological polar surface area (TPSA) is 74.9 Å². The second-order valence-corrected chi connectivity index (χ2v) is 8.46. The molecule has 6 nitrogen and oxygen atoms in total. The Morgan fingerprint density at radius 2 is 1.80 bits per heavy atom. The molecule has 1 saturated heterocycles. The van der Waals surface area contributed by atoms with Gasteiger partial charge in [0.25, 0.3) is 0 Å². The maximum atomic E-state index is 13.2. The van der Waals surface area contributed by atoms with Crippen LogP contribution < -0.4 is 0 Å². The number of aromatic nitrogens is 2. The third-order valence-corrected chi connectivity index (χ3v) is 6.64. The number of likely N-dealkylation sites (tertiary alicyclic amines) is 1. The lowest BCUT2D eigenvalue weighted by molar-refractivity contribution is -0.157. The van der Waals surface area contributed by atoms with Crippen molar-refractivity contribution in [1.82, 2.24) is 14.3 Å². The van der Waals surface area contributed by atoms with Crippen molar-refractivity contribution in [3.8, 4) is 11.3 Å². The van der Waals surface area contributed by atoms with Crippen molar-refractivity contribution in [2.75, 3.05) is 6.54 Å². The minimum Gasteiger partial charge on any atom is -0.481 e. The van der Waals surface area contributed by atoms with Crippen molar-refractivity contribution in [3.05, 3.63) is 60.0 Å². The average molecular weight is 403 g/mol.